The first kappa shape index (κ1) is 13.0. The fourth-order valence-electron chi connectivity index (χ4n) is 1.54. The molecule has 1 rings (SSSR count). The fraction of sp³-hybridized carbons (Fsp3) is 0.455. The predicted molar refractivity (Wildman–Crippen MR) is 63.5 cm³/mol. The standard InChI is InChI=1S/C11H16FNO2S/c1-3-8-16(14,15)13(4-2)11-7-5-6-10(12)9-11/h5-7,9H,3-4,8H2,1-2H3. The maximum Gasteiger partial charge on any atom is 0.235 e. The van der Waals surface area contributed by atoms with Crippen LogP contribution in [0.2, 0.25) is 0 Å². The van der Waals surface area contributed by atoms with Gasteiger partial charge in [-0.2, -0.15) is 0 Å². The van der Waals surface area contributed by atoms with Crippen molar-refractivity contribution in [2.75, 3.05) is 16.6 Å². The largest absolute Gasteiger partial charge is 0.270 e. The highest BCUT2D eigenvalue weighted by atomic mass is 32.2. The lowest BCUT2D eigenvalue weighted by atomic mass is 10.3. The van der Waals surface area contributed by atoms with Gasteiger partial charge in [0.05, 0.1) is 11.4 Å². The Balaban J connectivity index is 3.08. The zero-order valence-electron chi connectivity index (χ0n) is 9.48. The zero-order chi connectivity index (χ0) is 12.2. The molecule has 3 nitrogen and oxygen atoms in total. The van der Waals surface area contributed by atoms with E-state index in [9.17, 15) is 12.8 Å². The van der Waals surface area contributed by atoms with Gasteiger partial charge >= 0.3 is 0 Å². The summed E-state index contributed by atoms with van der Waals surface area (Å²) in [5.74, 6) is -0.347. The summed E-state index contributed by atoms with van der Waals surface area (Å²) in [5.41, 5.74) is 0.385. The van der Waals surface area contributed by atoms with Crippen LogP contribution in [-0.2, 0) is 10.0 Å². The van der Waals surface area contributed by atoms with Gasteiger partial charge in [-0.3, -0.25) is 4.31 Å². The smallest absolute Gasteiger partial charge is 0.235 e. The van der Waals surface area contributed by atoms with Crippen molar-refractivity contribution >= 4 is 15.7 Å². The summed E-state index contributed by atoms with van der Waals surface area (Å²) in [6, 6.07) is 5.63. The number of nitrogens with zero attached hydrogens (tertiary/aromatic N) is 1. The van der Waals surface area contributed by atoms with Gasteiger partial charge in [-0.15, -0.1) is 0 Å². The van der Waals surface area contributed by atoms with Crippen LogP contribution in [0.5, 0.6) is 0 Å². The van der Waals surface area contributed by atoms with Crippen LogP contribution in [0.4, 0.5) is 10.1 Å². The van der Waals surface area contributed by atoms with Crippen LogP contribution in [-0.4, -0.2) is 20.7 Å². The second kappa shape index (κ2) is 5.30. The molecule has 90 valence electrons. The van der Waals surface area contributed by atoms with Gasteiger partial charge in [0.15, 0.2) is 0 Å². The van der Waals surface area contributed by atoms with Crippen LogP contribution in [0.1, 0.15) is 20.3 Å². The minimum atomic E-state index is -3.33. The first-order chi connectivity index (χ1) is 7.51. The first-order valence-electron chi connectivity index (χ1n) is 5.27. The van der Waals surface area contributed by atoms with Crippen molar-refractivity contribution in [3.8, 4) is 0 Å². The molecule has 1 aromatic carbocycles. The Morgan fingerprint density at radius 2 is 2.00 bits per heavy atom. The van der Waals surface area contributed by atoms with Gasteiger partial charge in [-0.1, -0.05) is 13.0 Å². The third-order valence-electron chi connectivity index (χ3n) is 2.18. The van der Waals surface area contributed by atoms with Gasteiger partial charge < -0.3 is 0 Å². The molecular weight excluding hydrogens is 229 g/mol. The van der Waals surface area contributed by atoms with Crippen LogP contribution < -0.4 is 4.31 Å². The second-order valence-electron chi connectivity index (χ2n) is 3.46. The fourth-order valence-corrected chi connectivity index (χ4v) is 3.10. The molecule has 0 spiro atoms. The molecule has 0 atom stereocenters. The Hall–Kier alpha value is -1.10. The Bertz CT molecular complexity index is 445. The summed E-state index contributed by atoms with van der Waals surface area (Å²) in [5, 5.41) is 0. The molecule has 0 aliphatic rings. The monoisotopic (exact) mass is 245 g/mol. The average Bonchev–Trinajstić information content (AvgIpc) is 2.18. The number of hydrogen-bond donors (Lipinski definition) is 0. The number of benzene rings is 1. The molecule has 1 aromatic rings. The zero-order valence-corrected chi connectivity index (χ0v) is 10.3. The van der Waals surface area contributed by atoms with Crippen LogP contribution >= 0.6 is 0 Å². The summed E-state index contributed by atoms with van der Waals surface area (Å²) in [4.78, 5) is 0. The Morgan fingerprint density at radius 3 is 2.50 bits per heavy atom. The SMILES string of the molecule is CCCS(=O)(=O)N(CC)c1cccc(F)c1. The van der Waals surface area contributed by atoms with Crippen molar-refractivity contribution < 1.29 is 12.8 Å². The minimum Gasteiger partial charge on any atom is -0.270 e. The van der Waals surface area contributed by atoms with Gasteiger partial charge in [0.1, 0.15) is 5.82 Å². The van der Waals surface area contributed by atoms with E-state index in [4.69, 9.17) is 0 Å². The van der Waals surface area contributed by atoms with E-state index >= 15 is 0 Å². The number of rotatable bonds is 5. The predicted octanol–water partition coefficient (Wildman–Crippen LogP) is 2.39. The molecule has 0 bridgehead atoms. The Morgan fingerprint density at radius 1 is 1.31 bits per heavy atom. The molecule has 5 heteroatoms. The van der Waals surface area contributed by atoms with E-state index in [0.29, 0.717) is 18.7 Å². The normalized spacial score (nSPS) is 11.4. The quantitative estimate of drug-likeness (QED) is 0.798. The number of sulfonamides is 1. The van der Waals surface area contributed by atoms with E-state index in [-0.39, 0.29) is 5.75 Å². The first-order valence-corrected chi connectivity index (χ1v) is 6.88. The van der Waals surface area contributed by atoms with Crippen LogP contribution in [0.25, 0.3) is 0 Å². The van der Waals surface area contributed by atoms with Crippen molar-refractivity contribution in [3.05, 3.63) is 30.1 Å². The summed E-state index contributed by atoms with van der Waals surface area (Å²) < 4.78 is 38.0. The molecule has 0 radical (unpaired) electrons. The molecule has 0 heterocycles. The molecule has 16 heavy (non-hydrogen) atoms. The maximum atomic E-state index is 13.0. The van der Waals surface area contributed by atoms with Crippen LogP contribution in [0.15, 0.2) is 24.3 Å². The molecule has 0 fully saturated rings. The molecule has 0 aliphatic carbocycles. The van der Waals surface area contributed by atoms with Crippen molar-refractivity contribution in [2.45, 2.75) is 20.3 Å². The van der Waals surface area contributed by atoms with Gasteiger partial charge in [-0.05, 0) is 31.5 Å². The topological polar surface area (TPSA) is 37.4 Å². The van der Waals surface area contributed by atoms with E-state index in [1.807, 2.05) is 0 Å². The Labute approximate surface area is 95.9 Å². The Kier molecular flexibility index (Phi) is 4.29. The van der Waals surface area contributed by atoms with Gasteiger partial charge in [0.2, 0.25) is 10.0 Å². The summed E-state index contributed by atoms with van der Waals surface area (Å²) in [6.45, 7) is 3.85. The molecular formula is C11H16FNO2S. The van der Waals surface area contributed by atoms with E-state index in [0.717, 1.165) is 0 Å². The molecule has 0 saturated heterocycles. The number of hydrogen-bond acceptors (Lipinski definition) is 2. The molecule has 0 amide bonds. The highest BCUT2D eigenvalue weighted by Gasteiger charge is 2.19. The van der Waals surface area contributed by atoms with Gasteiger partial charge in [0.25, 0.3) is 0 Å². The van der Waals surface area contributed by atoms with E-state index in [1.165, 1.54) is 22.5 Å². The molecule has 0 N–H and O–H groups in total. The third kappa shape index (κ3) is 2.95. The van der Waals surface area contributed by atoms with E-state index < -0.39 is 15.8 Å². The number of anilines is 1. The summed E-state index contributed by atoms with van der Waals surface area (Å²) in [6.07, 6.45) is 0.550. The molecule has 0 unspecified atom stereocenters. The minimum absolute atomic E-state index is 0.0807. The third-order valence-corrected chi connectivity index (χ3v) is 4.25. The lowest BCUT2D eigenvalue weighted by Gasteiger charge is -2.22. The van der Waals surface area contributed by atoms with Crippen molar-refractivity contribution in [1.82, 2.24) is 0 Å². The highest BCUT2D eigenvalue weighted by Crippen LogP contribution is 2.19. The van der Waals surface area contributed by atoms with Gasteiger partial charge in [0, 0.05) is 6.54 Å². The van der Waals surface area contributed by atoms with Gasteiger partial charge in [-0.25, -0.2) is 12.8 Å². The summed E-state index contributed by atoms with van der Waals surface area (Å²) >= 11 is 0. The van der Waals surface area contributed by atoms with Crippen molar-refractivity contribution in [2.24, 2.45) is 0 Å². The van der Waals surface area contributed by atoms with Crippen molar-refractivity contribution in [3.63, 3.8) is 0 Å². The molecule has 0 saturated carbocycles. The molecule has 0 aliphatic heterocycles. The maximum absolute atomic E-state index is 13.0. The lowest BCUT2D eigenvalue weighted by Crippen LogP contribution is -2.32. The van der Waals surface area contributed by atoms with Crippen LogP contribution in [0, 0.1) is 5.82 Å². The van der Waals surface area contributed by atoms with Crippen LogP contribution in [0.3, 0.4) is 0 Å². The molecule has 0 aromatic heterocycles. The average molecular weight is 245 g/mol. The number of halogens is 1. The van der Waals surface area contributed by atoms with E-state index in [1.54, 1.807) is 19.9 Å². The lowest BCUT2D eigenvalue weighted by molar-refractivity contribution is 0.590. The highest BCUT2D eigenvalue weighted by molar-refractivity contribution is 7.92. The van der Waals surface area contributed by atoms with E-state index in [2.05, 4.69) is 0 Å². The summed E-state index contributed by atoms with van der Waals surface area (Å²) in [7, 11) is -3.33. The second-order valence-corrected chi connectivity index (χ2v) is 5.47. The van der Waals surface area contributed by atoms with Crippen molar-refractivity contribution in [1.29, 1.82) is 0 Å².